The normalized spacial score (nSPS) is 10.1. The van der Waals surface area contributed by atoms with Crippen molar-refractivity contribution in [1.29, 1.82) is 0 Å². The highest BCUT2D eigenvalue weighted by Crippen LogP contribution is 2.31. The van der Waals surface area contributed by atoms with Gasteiger partial charge in [-0.05, 0) is 41.4 Å². The molecule has 11 heteroatoms. The van der Waals surface area contributed by atoms with E-state index in [1.807, 2.05) is 13.8 Å². The van der Waals surface area contributed by atoms with Gasteiger partial charge in [0.2, 0.25) is 0 Å². The second kappa shape index (κ2) is 15.1. The van der Waals surface area contributed by atoms with Crippen LogP contribution in [0.2, 0.25) is 5.15 Å². The Morgan fingerprint density at radius 3 is 2.26 bits per heavy atom. The molecule has 0 bridgehead atoms. The summed E-state index contributed by atoms with van der Waals surface area (Å²) in [7, 11) is 3.13. The van der Waals surface area contributed by atoms with E-state index in [9.17, 15) is 9.59 Å². The lowest BCUT2D eigenvalue weighted by Crippen LogP contribution is -2.23. The first-order valence-corrected chi connectivity index (χ1v) is 11.3. The lowest BCUT2D eigenvalue weighted by atomic mass is 10.1. The number of aromatic nitrogens is 2. The molecule has 0 aliphatic rings. The molecule has 0 atom stereocenters. The van der Waals surface area contributed by atoms with Gasteiger partial charge < -0.3 is 16.4 Å². The van der Waals surface area contributed by atoms with Crippen molar-refractivity contribution in [3.63, 3.8) is 0 Å². The fraction of sp³-hybridized carbons (Fsp3) is 0.250. The van der Waals surface area contributed by atoms with Crippen molar-refractivity contribution in [2.24, 2.45) is 12.8 Å². The number of allylic oxidation sites excluding steroid dienone is 2. The Bertz CT molecular complexity index is 946. The fourth-order valence-electron chi connectivity index (χ4n) is 1.95. The van der Waals surface area contributed by atoms with Crippen LogP contribution >= 0.6 is 55.1 Å². The highest BCUT2D eigenvalue weighted by atomic mass is 79.9. The van der Waals surface area contributed by atoms with Crippen molar-refractivity contribution >= 4 is 72.6 Å². The molecule has 0 saturated carbocycles. The van der Waals surface area contributed by atoms with Gasteiger partial charge in [-0.15, -0.1) is 6.58 Å². The molecule has 1 aromatic heterocycles. The molecule has 4 N–H and O–H groups in total. The number of nitrogens with one attached hydrogen (secondary N) is 2. The van der Waals surface area contributed by atoms with E-state index in [0.29, 0.717) is 20.2 Å². The summed E-state index contributed by atoms with van der Waals surface area (Å²) in [6.45, 7) is 7.20. The summed E-state index contributed by atoms with van der Waals surface area (Å²) in [6.07, 6.45) is 3.99. The minimum absolute atomic E-state index is 0.217. The summed E-state index contributed by atoms with van der Waals surface area (Å²) in [5.74, 6) is -0.740. The third-order valence-corrected chi connectivity index (χ3v) is 5.03. The average molecular weight is 598 g/mol. The Balaban J connectivity index is 0.000000848. The molecule has 0 aliphatic heterocycles. The van der Waals surface area contributed by atoms with Gasteiger partial charge in [0.05, 0.1) is 11.3 Å². The molecular weight excluding hydrogens is 573 g/mol. The number of halogens is 4. The molecule has 1 aromatic carbocycles. The smallest absolute Gasteiger partial charge is 0.274 e. The Morgan fingerprint density at radius 2 is 1.87 bits per heavy atom. The van der Waals surface area contributed by atoms with Crippen LogP contribution in [0, 0.1) is 0 Å². The number of carbonyl (C=O) groups excluding carboxylic acids is 2. The Hall–Kier alpha value is -1.81. The maximum Gasteiger partial charge on any atom is 0.274 e. The first kappa shape index (κ1) is 29.2. The highest BCUT2D eigenvalue weighted by molar-refractivity contribution is 9.11. The molecule has 2 rings (SSSR count). The van der Waals surface area contributed by atoms with E-state index in [1.165, 1.54) is 24.0 Å². The van der Waals surface area contributed by atoms with Crippen LogP contribution in [-0.2, 0) is 7.05 Å². The van der Waals surface area contributed by atoms with Gasteiger partial charge in [-0.2, -0.15) is 5.10 Å². The van der Waals surface area contributed by atoms with Crippen molar-refractivity contribution in [3.8, 4) is 0 Å². The molecule has 0 radical (unpaired) electrons. The van der Waals surface area contributed by atoms with Crippen molar-refractivity contribution < 1.29 is 9.59 Å². The highest BCUT2D eigenvalue weighted by Gasteiger charge is 2.19. The minimum atomic E-state index is -0.421. The van der Waals surface area contributed by atoms with Crippen molar-refractivity contribution in [2.75, 3.05) is 12.4 Å². The van der Waals surface area contributed by atoms with Gasteiger partial charge >= 0.3 is 0 Å². The second-order valence-corrected chi connectivity index (χ2v) is 8.34. The number of aryl methyl sites for hydroxylation is 1. The summed E-state index contributed by atoms with van der Waals surface area (Å²) in [6, 6.07) is 4.80. The molecule has 2 amide bonds. The van der Waals surface area contributed by atoms with E-state index < -0.39 is 5.91 Å². The quantitative estimate of drug-likeness (QED) is 0.386. The summed E-state index contributed by atoms with van der Waals surface area (Å²) in [5, 5.41) is 10.1. The molecule has 0 unspecified atom stereocenters. The molecule has 1 heterocycles. The average Bonchev–Trinajstić information content (AvgIpc) is 3.07. The van der Waals surface area contributed by atoms with Crippen LogP contribution in [0.5, 0.6) is 0 Å². The number of benzene rings is 1. The monoisotopic (exact) mass is 595 g/mol. The lowest BCUT2D eigenvalue weighted by Gasteiger charge is -2.13. The van der Waals surface area contributed by atoms with Crippen molar-refractivity contribution in [2.45, 2.75) is 20.3 Å². The predicted octanol–water partition coefficient (Wildman–Crippen LogP) is 5.84. The van der Waals surface area contributed by atoms with Gasteiger partial charge in [0.25, 0.3) is 11.8 Å². The molecule has 0 spiro atoms. The number of amides is 2. The number of carbonyl (C=O) groups is 2. The first-order chi connectivity index (χ1) is 14.6. The van der Waals surface area contributed by atoms with Gasteiger partial charge in [0.15, 0.2) is 5.15 Å². The predicted molar refractivity (Wildman–Crippen MR) is 136 cm³/mol. The number of nitrogens with zero attached hydrogens (tertiary/aromatic N) is 2. The minimum Gasteiger partial charge on any atom is -0.404 e. The van der Waals surface area contributed by atoms with Crippen LogP contribution in [0.15, 0.2) is 51.0 Å². The Morgan fingerprint density at radius 1 is 1.29 bits per heavy atom. The van der Waals surface area contributed by atoms with Gasteiger partial charge in [-0.3, -0.25) is 14.3 Å². The number of rotatable bonds is 4. The molecule has 0 saturated heterocycles. The largest absolute Gasteiger partial charge is 0.404 e. The van der Waals surface area contributed by atoms with E-state index in [0.717, 1.165) is 11.5 Å². The maximum absolute atomic E-state index is 12.4. The van der Waals surface area contributed by atoms with Gasteiger partial charge in [0, 0.05) is 40.3 Å². The van der Waals surface area contributed by atoms with E-state index in [1.54, 1.807) is 25.3 Å². The van der Waals surface area contributed by atoms with Crippen LogP contribution in [0.4, 0.5) is 5.69 Å². The number of anilines is 1. The molecule has 0 aliphatic carbocycles. The first-order valence-electron chi connectivity index (χ1n) is 8.91. The van der Waals surface area contributed by atoms with Gasteiger partial charge in [-0.1, -0.05) is 52.1 Å². The molecule has 7 nitrogen and oxygen atoms in total. The van der Waals surface area contributed by atoms with Crippen LogP contribution < -0.4 is 16.4 Å². The Labute approximate surface area is 209 Å². The summed E-state index contributed by atoms with van der Waals surface area (Å²) in [5.41, 5.74) is 5.96. The molecule has 2 aromatic rings. The second-order valence-electron chi connectivity index (χ2n) is 5.69. The van der Waals surface area contributed by atoms with E-state index in [2.05, 4.69) is 54.2 Å². The summed E-state index contributed by atoms with van der Waals surface area (Å²) >= 11 is 17.8. The summed E-state index contributed by atoms with van der Waals surface area (Å²) < 4.78 is 2.64. The summed E-state index contributed by atoms with van der Waals surface area (Å²) in [4.78, 5) is 24.3. The van der Waals surface area contributed by atoms with Crippen molar-refractivity contribution in [1.82, 2.24) is 15.1 Å². The van der Waals surface area contributed by atoms with E-state index in [-0.39, 0.29) is 16.8 Å². The lowest BCUT2D eigenvalue weighted by molar-refractivity contribution is 0.0964. The molecule has 170 valence electrons. The standard InChI is InChI=1S/C13H11Br2ClN4O2.C4H8ClN.C3H6/c1-17-12(21)7-3-6(14)4-8(15)11(7)18-13(22)9-5-10(16)19-20(9)2;1-2-4(5)3-6;1-3-2/h3-5H,1-2H3,(H,17,21)(H,18,22);3H,2,6H2,1H3;3H,1H2,2H3/b;4-3+;. The molecular formula is C20H25Br2Cl2N5O2. The maximum atomic E-state index is 12.4. The van der Waals surface area contributed by atoms with Crippen LogP contribution in [0.25, 0.3) is 0 Å². The zero-order chi connectivity index (χ0) is 24.1. The Kier molecular flexibility index (Phi) is 14.2. The number of hydrogen-bond acceptors (Lipinski definition) is 4. The zero-order valence-electron chi connectivity index (χ0n) is 17.6. The van der Waals surface area contributed by atoms with Crippen LogP contribution in [0.3, 0.4) is 0 Å². The number of nitrogens with two attached hydrogens (primary N) is 1. The third kappa shape index (κ3) is 9.90. The van der Waals surface area contributed by atoms with E-state index >= 15 is 0 Å². The fourth-order valence-corrected chi connectivity index (χ4v) is 3.50. The van der Waals surface area contributed by atoms with Gasteiger partial charge in [-0.25, -0.2) is 0 Å². The molecule has 0 fully saturated rings. The number of hydrogen-bond donors (Lipinski definition) is 3. The van der Waals surface area contributed by atoms with Crippen molar-refractivity contribution in [3.05, 3.63) is 67.4 Å². The van der Waals surface area contributed by atoms with Crippen LogP contribution in [0.1, 0.15) is 41.1 Å². The van der Waals surface area contributed by atoms with Crippen LogP contribution in [-0.4, -0.2) is 28.6 Å². The topological polar surface area (TPSA) is 102 Å². The third-order valence-electron chi connectivity index (χ3n) is 3.37. The SMILES string of the molecule is C=CC.CC/C(Cl)=C\N.CNC(=O)c1cc(Br)cc(Br)c1NC(=O)c1cc(Cl)nn1C. The van der Waals surface area contributed by atoms with E-state index in [4.69, 9.17) is 28.9 Å². The zero-order valence-corrected chi connectivity index (χ0v) is 22.3. The van der Waals surface area contributed by atoms with Gasteiger partial charge in [0.1, 0.15) is 5.69 Å². The molecule has 31 heavy (non-hydrogen) atoms.